The van der Waals surface area contributed by atoms with E-state index in [9.17, 15) is 14.7 Å². The molecule has 1 saturated heterocycles. The summed E-state index contributed by atoms with van der Waals surface area (Å²) in [6.07, 6.45) is 0.887. The fourth-order valence-corrected chi connectivity index (χ4v) is 5.57. The molecule has 4 aromatic rings. The van der Waals surface area contributed by atoms with Crippen molar-refractivity contribution < 1.29 is 14.7 Å². The summed E-state index contributed by atoms with van der Waals surface area (Å²) in [6, 6.07) is 31.9. The molecule has 1 amide bonds. The molecule has 2 N–H and O–H groups in total. The Morgan fingerprint density at radius 1 is 0.892 bits per heavy atom. The van der Waals surface area contributed by atoms with E-state index in [0.29, 0.717) is 24.6 Å². The third kappa shape index (κ3) is 5.42. The van der Waals surface area contributed by atoms with Crippen molar-refractivity contribution in [1.29, 1.82) is 0 Å². The highest BCUT2D eigenvalue weighted by Crippen LogP contribution is 2.34. The minimum atomic E-state index is -0.992. The summed E-state index contributed by atoms with van der Waals surface area (Å²) < 4.78 is 0. The van der Waals surface area contributed by atoms with Crippen LogP contribution in [0.15, 0.2) is 97.1 Å². The Hall–Kier alpha value is -3.96. The van der Waals surface area contributed by atoms with E-state index in [1.807, 2.05) is 11.0 Å². The number of nitrogens with zero attached hydrogens (tertiary/aromatic N) is 1. The van der Waals surface area contributed by atoms with Crippen molar-refractivity contribution in [1.82, 2.24) is 10.2 Å². The number of carbonyl (C=O) groups is 2. The third-order valence-electron chi connectivity index (χ3n) is 7.60. The average Bonchev–Trinajstić information content (AvgIpc) is 2.95. The monoisotopic (exact) mass is 492 g/mol. The first-order valence-corrected chi connectivity index (χ1v) is 12.9. The summed E-state index contributed by atoms with van der Waals surface area (Å²) in [5.74, 6) is -0.438. The van der Waals surface area contributed by atoms with Crippen molar-refractivity contribution in [2.75, 3.05) is 19.6 Å². The molecule has 0 aliphatic carbocycles. The van der Waals surface area contributed by atoms with Gasteiger partial charge in [-0.05, 0) is 71.3 Å². The van der Waals surface area contributed by atoms with Gasteiger partial charge >= 0.3 is 5.97 Å². The summed E-state index contributed by atoms with van der Waals surface area (Å²) in [5, 5.41) is 15.4. The standard InChI is InChI=1S/C32H32N2O3/c1-22(28-13-7-11-24-10-5-6-12-30(24)28)33-20-27-21-34(19-18-29(27)23-8-3-2-4-9-23)31(35)25-14-16-26(17-15-25)32(36)37/h2-17,22,27,29,33H,18-21H2,1H3,(H,36,37)/t22-,27?,29?/m1/s1. The molecule has 0 aromatic heterocycles. The molecular formula is C32H32N2O3. The summed E-state index contributed by atoms with van der Waals surface area (Å²) in [4.78, 5) is 26.5. The Bertz CT molecular complexity index is 1380. The van der Waals surface area contributed by atoms with Gasteiger partial charge in [-0.15, -0.1) is 0 Å². The minimum Gasteiger partial charge on any atom is -0.478 e. The fourth-order valence-electron chi connectivity index (χ4n) is 5.57. The zero-order valence-electron chi connectivity index (χ0n) is 21.0. The van der Waals surface area contributed by atoms with E-state index >= 15 is 0 Å². The first-order valence-electron chi connectivity index (χ1n) is 12.9. The maximum absolute atomic E-state index is 13.3. The van der Waals surface area contributed by atoms with Crippen LogP contribution < -0.4 is 5.32 Å². The largest absolute Gasteiger partial charge is 0.478 e. The number of amides is 1. The Labute approximate surface area is 217 Å². The van der Waals surface area contributed by atoms with E-state index in [-0.39, 0.29) is 23.4 Å². The lowest BCUT2D eigenvalue weighted by molar-refractivity contribution is 0.0643. The van der Waals surface area contributed by atoms with E-state index in [1.54, 1.807) is 12.1 Å². The number of benzene rings is 4. The van der Waals surface area contributed by atoms with E-state index < -0.39 is 5.97 Å². The van der Waals surface area contributed by atoms with Gasteiger partial charge in [-0.3, -0.25) is 4.79 Å². The number of piperidine rings is 1. The van der Waals surface area contributed by atoms with Crippen molar-refractivity contribution >= 4 is 22.6 Å². The van der Waals surface area contributed by atoms with Crippen molar-refractivity contribution in [2.24, 2.45) is 5.92 Å². The Kier molecular flexibility index (Phi) is 7.33. The number of fused-ring (bicyclic) bond motifs is 1. The van der Waals surface area contributed by atoms with Crippen LogP contribution in [0.2, 0.25) is 0 Å². The van der Waals surface area contributed by atoms with Gasteiger partial charge in [-0.25, -0.2) is 4.79 Å². The Morgan fingerprint density at radius 2 is 1.57 bits per heavy atom. The van der Waals surface area contributed by atoms with Crippen molar-refractivity contribution in [3.63, 3.8) is 0 Å². The second-order valence-corrected chi connectivity index (χ2v) is 9.90. The van der Waals surface area contributed by atoms with Crippen molar-refractivity contribution in [3.05, 3.63) is 119 Å². The normalized spacial score (nSPS) is 18.5. The van der Waals surface area contributed by atoms with Crippen LogP contribution in [0.1, 0.15) is 57.1 Å². The minimum absolute atomic E-state index is 0.0458. The maximum Gasteiger partial charge on any atom is 0.335 e. The van der Waals surface area contributed by atoms with Gasteiger partial charge < -0.3 is 15.3 Å². The topological polar surface area (TPSA) is 69.6 Å². The number of rotatable bonds is 7. The molecule has 0 spiro atoms. The molecule has 0 saturated carbocycles. The molecule has 4 aromatic carbocycles. The van der Waals surface area contributed by atoms with Gasteiger partial charge in [0.25, 0.3) is 5.91 Å². The zero-order valence-corrected chi connectivity index (χ0v) is 21.0. The first kappa shape index (κ1) is 24.7. The van der Waals surface area contributed by atoms with Gasteiger partial charge in [0.05, 0.1) is 5.56 Å². The number of hydrogen-bond donors (Lipinski definition) is 2. The highest BCUT2D eigenvalue weighted by molar-refractivity contribution is 5.96. The molecule has 1 aliphatic rings. The quantitative estimate of drug-likeness (QED) is 0.325. The van der Waals surface area contributed by atoms with Gasteiger partial charge in [0.2, 0.25) is 0 Å². The summed E-state index contributed by atoms with van der Waals surface area (Å²) in [6.45, 7) is 4.31. The molecule has 5 rings (SSSR count). The lowest BCUT2D eigenvalue weighted by Crippen LogP contribution is -2.46. The van der Waals surface area contributed by atoms with Crippen LogP contribution >= 0.6 is 0 Å². The van der Waals surface area contributed by atoms with Crippen LogP contribution in [0.5, 0.6) is 0 Å². The smallest absolute Gasteiger partial charge is 0.335 e. The maximum atomic E-state index is 13.3. The number of carbonyl (C=O) groups excluding carboxylic acids is 1. The van der Waals surface area contributed by atoms with Crippen LogP contribution in [0.25, 0.3) is 10.8 Å². The molecule has 0 bridgehead atoms. The van der Waals surface area contributed by atoms with E-state index in [0.717, 1.165) is 13.0 Å². The van der Waals surface area contributed by atoms with Crippen LogP contribution in [-0.2, 0) is 0 Å². The molecular weight excluding hydrogens is 460 g/mol. The highest BCUT2D eigenvalue weighted by atomic mass is 16.4. The molecule has 1 aliphatic heterocycles. The second-order valence-electron chi connectivity index (χ2n) is 9.90. The van der Waals surface area contributed by atoms with E-state index in [1.165, 1.54) is 34.0 Å². The summed E-state index contributed by atoms with van der Waals surface area (Å²) in [7, 11) is 0. The van der Waals surface area contributed by atoms with E-state index in [4.69, 9.17) is 0 Å². The molecule has 3 atom stereocenters. The molecule has 2 unspecified atom stereocenters. The van der Waals surface area contributed by atoms with Gasteiger partial charge in [0.15, 0.2) is 0 Å². The molecule has 1 fully saturated rings. The third-order valence-corrected chi connectivity index (χ3v) is 7.60. The summed E-state index contributed by atoms with van der Waals surface area (Å²) >= 11 is 0. The predicted octanol–water partition coefficient (Wildman–Crippen LogP) is 6.13. The van der Waals surface area contributed by atoms with Crippen LogP contribution in [0.4, 0.5) is 0 Å². The number of carboxylic acid groups (broad SMARTS) is 1. The molecule has 0 radical (unpaired) electrons. The van der Waals surface area contributed by atoms with Crippen LogP contribution in [-0.4, -0.2) is 41.5 Å². The molecule has 37 heavy (non-hydrogen) atoms. The SMILES string of the molecule is C[C@@H](NCC1CN(C(=O)c2ccc(C(=O)O)cc2)CCC1c1ccccc1)c1cccc2ccccc12. The fraction of sp³-hybridized carbons (Fsp3) is 0.250. The second kappa shape index (κ2) is 11.0. The van der Waals surface area contributed by atoms with Crippen LogP contribution in [0, 0.1) is 5.92 Å². The lowest BCUT2D eigenvalue weighted by Gasteiger charge is -2.39. The lowest BCUT2D eigenvalue weighted by atomic mass is 9.80. The number of nitrogens with one attached hydrogen (secondary N) is 1. The van der Waals surface area contributed by atoms with Gasteiger partial charge in [-0.1, -0.05) is 72.8 Å². The molecule has 1 heterocycles. The number of carboxylic acids is 1. The van der Waals surface area contributed by atoms with Crippen molar-refractivity contribution in [3.8, 4) is 0 Å². The Morgan fingerprint density at radius 3 is 2.32 bits per heavy atom. The van der Waals surface area contributed by atoms with Crippen LogP contribution in [0.3, 0.4) is 0 Å². The number of aromatic carboxylic acids is 1. The van der Waals surface area contributed by atoms with Crippen molar-refractivity contribution in [2.45, 2.75) is 25.3 Å². The molecule has 188 valence electrons. The first-order chi connectivity index (χ1) is 18.0. The molecule has 5 heteroatoms. The van der Waals surface area contributed by atoms with Gasteiger partial charge in [-0.2, -0.15) is 0 Å². The van der Waals surface area contributed by atoms with Gasteiger partial charge in [0.1, 0.15) is 0 Å². The Balaban J connectivity index is 1.34. The predicted molar refractivity (Wildman–Crippen MR) is 147 cm³/mol. The highest BCUT2D eigenvalue weighted by Gasteiger charge is 2.33. The molecule has 5 nitrogen and oxygen atoms in total. The number of likely N-dealkylation sites (tertiary alicyclic amines) is 1. The zero-order chi connectivity index (χ0) is 25.8. The summed E-state index contributed by atoms with van der Waals surface area (Å²) in [5.41, 5.74) is 3.30. The average molecular weight is 493 g/mol. The van der Waals surface area contributed by atoms with Gasteiger partial charge in [0, 0.05) is 31.2 Å². The number of hydrogen-bond acceptors (Lipinski definition) is 3. The van der Waals surface area contributed by atoms with E-state index in [2.05, 4.69) is 79.0 Å².